The highest BCUT2D eigenvalue weighted by Crippen LogP contribution is 2.40. The maximum absolute atomic E-state index is 12.4. The Balaban J connectivity index is 1.58. The summed E-state index contributed by atoms with van der Waals surface area (Å²) in [7, 11) is 3.94. The number of nitrogens with two attached hydrogens (primary N) is 1. The first-order valence-electron chi connectivity index (χ1n) is 12.4. The van der Waals surface area contributed by atoms with Gasteiger partial charge in [0.05, 0.1) is 18.2 Å². The van der Waals surface area contributed by atoms with Crippen molar-refractivity contribution in [2.75, 3.05) is 20.1 Å². The smallest absolute Gasteiger partial charge is 0.410 e. The van der Waals surface area contributed by atoms with Crippen molar-refractivity contribution < 1.29 is 14.6 Å². The number of hydrogen-bond acceptors (Lipinski definition) is 6. The molecule has 1 aliphatic heterocycles. The average Bonchev–Trinajstić information content (AvgIpc) is 3.09. The zero-order chi connectivity index (χ0) is 24.3. The van der Waals surface area contributed by atoms with E-state index in [1.165, 1.54) is 5.70 Å². The van der Waals surface area contributed by atoms with Gasteiger partial charge in [0, 0.05) is 39.3 Å². The summed E-state index contributed by atoms with van der Waals surface area (Å²) in [5.41, 5.74) is 8.16. The summed E-state index contributed by atoms with van der Waals surface area (Å²) in [6.07, 6.45) is 9.50. The molecule has 2 aliphatic rings. The van der Waals surface area contributed by atoms with Crippen LogP contribution in [0.1, 0.15) is 65.5 Å². The maximum Gasteiger partial charge on any atom is 0.410 e. The van der Waals surface area contributed by atoms with Crippen LogP contribution in [0.3, 0.4) is 0 Å². The molecule has 3 rings (SSSR count). The molecule has 1 amide bonds. The third-order valence-corrected chi connectivity index (χ3v) is 7.33. The Hall–Kier alpha value is -2.22. The molecule has 1 fully saturated rings. The molecule has 2 heterocycles. The van der Waals surface area contributed by atoms with Gasteiger partial charge < -0.3 is 29.9 Å². The molecule has 1 aromatic heterocycles. The highest BCUT2D eigenvalue weighted by molar-refractivity contribution is 5.68. The minimum Gasteiger partial charge on any atom is -0.492 e. The molecule has 1 aliphatic carbocycles. The van der Waals surface area contributed by atoms with Crippen molar-refractivity contribution in [3.8, 4) is 5.88 Å². The second-order valence-electron chi connectivity index (χ2n) is 10.8. The van der Waals surface area contributed by atoms with E-state index in [-0.39, 0.29) is 18.1 Å². The van der Waals surface area contributed by atoms with Crippen molar-refractivity contribution in [3.63, 3.8) is 0 Å². The van der Waals surface area contributed by atoms with Crippen molar-refractivity contribution in [3.05, 3.63) is 23.8 Å². The van der Waals surface area contributed by atoms with Crippen molar-refractivity contribution in [2.24, 2.45) is 30.5 Å². The van der Waals surface area contributed by atoms with Crippen LogP contribution >= 0.6 is 0 Å². The van der Waals surface area contributed by atoms with E-state index in [9.17, 15) is 9.90 Å². The van der Waals surface area contributed by atoms with Gasteiger partial charge in [-0.3, -0.25) is 0 Å². The Morgan fingerprint density at radius 1 is 1.33 bits per heavy atom. The predicted octanol–water partition coefficient (Wildman–Crippen LogP) is 3.85. The Morgan fingerprint density at radius 2 is 2.00 bits per heavy atom. The number of imidazole rings is 1. The normalized spacial score (nSPS) is 23.2. The minimum atomic E-state index is -0.449. The number of carbonyl (C=O) groups is 1. The summed E-state index contributed by atoms with van der Waals surface area (Å²) in [5.74, 6) is 1.82. The standard InChI is InChI=1S/C25H43N5O3/c1-7-17-14-19(18-10-12-30(13-11-18)24(32)33-25(2,3)4)8-9-20(17)29(6)22(26)15-21-23(31)27-16-28(21)5/h9,16-19,22,31H,7-8,10-15,26H2,1-6H3. The second-order valence-corrected chi connectivity index (χ2v) is 10.8. The number of likely N-dealkylation sites (tertiary alicyclic amines) is 1. The van der Waals surface area contributed by atoms with E-state index < -0.39 is 5.60 Å². The molecule has 33 heavy (non-hydrogen) atoms. The minimum absolute atomic E-state index is 0.0591. The van der Waals surface area contributed by atoms with E-state index in [1.54, 1.807) is 6.33 Å². The lowest BCUT2D eigenvalue weighted by Gasteiger charge is -2.42. The average molecular weight is 462 g/mol. The number of aromatic nitrogens is 2. The first-order valence-corrected chi connectivity index (χ1v) is 12.4. The van der Waals surface area contributed by atoms with Crippen molar-refractivity contribution in [1.82, 2.24) is 19.4 Å². The number of carbonyl (C=O) groups excluding carboxylic acids is 1. The zero-order valence-electron chi connectivity index (χ0n) is 21.3. The fourth-order valence-corrected chi connectivity index (χ4v) is 5.30. The first-order chi connectivity index (χ1) is 15.5. The third-order valence-electron chi connectivity index (χ3n) is 7.33. The molecule has 3 N–H and O–H groups in total. The van der Waals surface area contributed by atoms with Gasteiger partial charge in [-0.25, -0.2) is 9.78 Å². The molecule has 0 spiro atoms. The summed E-state index contributed by atoms with van der Waals surface area (Å²) < 4.78 is 7.37. The molecule has 8 nitrogen and oxygen atoms in total. The van der Waals surface area contributed by atoms with E-state index in [4.69, 9.17) is 10.5 Å². The Labute approximate surface area is 198 Å². The van der Waals surface area contributed by atoms with Crippen LogP contribution in [0.2, 0.25) is 0 Å². The molecule has 3 atom stereocenters. The second kappa shape index (κ2) is 10.4. The van der Waals surface area contributed by atoms with E-state index in [0.717, 1.165) is 50.9 Å². The third kappa shape index (κ3) is 6.22. The Bertz CT molecular complexity index is 816. The van der Waals surface area contributed by atoms with Gasteiger partial charge in [-0.1, -0.05) is 13.0 Å². The fourth-order valence-electron chi connectivity index (χ4n) is 5.30. The topological polar surface area (TPSA) is 96.8 Å². The van der Waals surface area contributed by atoms with Crippen molar-refractivity contribution in [2.45, 2.75) is 78.0 Å². The number of nitrogens with zero attached hydrogens (tertiary/aromatic N) is 4. The van der Waals surface area contributed by atoms with Gasteiger partial charge in [-0.05, 0) is 70.6 Å². The number of ether oxygens (including phenoxy) is 1. The Morgan fingerprint density at radius 3 is 2.55 bits per heavy atom. The van der Waals surface area contributed by atoms with Gasteiger partial charge in [-0.2, -0.15) is 0 Å². The fraction of sp³-hybridized carbons (Fsp3) is 0.760. The number of amides is 1. The molecule has 0 aromatic carbocycles. The zero-order valence-corrected chi connectivity index (χ0v) is 21.3. The van der Waals surface area contributed by atoms with Crippen LogP contribution in [0.4, 0.5) is 4.79 Å². The molecule has 1 aromatic rings. The Kier molecular flexibility index (Phi) is 7.98. The van der Waals surface area contributed by atoms with Gasteiger partial charge in [-0.15, -0.1) is 0 Å². The van der Waals surface area contributed by atoms with Crippen LogP contribution in [0, 0.1) is 17.8 Å². The number of likely N-dealkylation sites (N-methyl/N-ethyl adjacent to an activating group) is 1. The lowest BCUT2D eigenvalue weighted by atomic mass is 9.73. The maximum atomic E-state index is 12.4. The van der Waals surface area contributed by atoms with Crippen LogP contribution in [0.15, 0.2) is 18.1 Å². The lowest BCUT2D eigenvalue weighted by molar-refractivity contribution is 0.0150. The first kappa shape index (κ1) is 25.4. The van der Waals surface area contributed by atoms with Crippen LogP contribution < -0.4 is 5.73 Å². The largest absolute Gasteiger partial charge is 0.492 e. The summed E-state index contributed by atoms with van der Waals surface area (Å²) >= 11 is 0. The molecule has 0 saturated carbocycles. The number of rotatable bonds is 6. The highest BCUT2D eigenvalue weighted by Gasteiger charge is 2.35. The molecule has 0 radical (unpaired) electrons. The van der Waals surface area contributed by atoms with E-state index in [2.05, 4.69) is 29.9 Å². The van der Waals surface area contributed by atoms with Gasteiger partial charge in [0.25, 0.3) is 0 Å². The van der Waals surface area contributed by atoms with E-state index in [0.29, 0.717) is 24.2 Å². The molecular weight excluding hydrogens is 418 g/mol. The van der Waals surface area contributed by atoms with Gasteiger partial charge >= 0.3 is 6.09 Å². The lowest BCUT2D eigenvalue weighted by Crippen LogP contribution is -2.45. The van der Waals surface area contributed by atoms with Crippen LogP contribution in [0.25, 0.3) is 0 Å². The highest BCUT2D eigenvalue weighted by atomic mass is 16.6. The molecule has 8 heteroatoms. The summed E-state index contributed by atoms with van der Waals surface area (Å²) in [5, 5.41) is 10.0. The predicted molar refractivity (Wildman–Crippen MR) is 129 cm³/mol. The molecule has 1 saturated heterocycles. The number of aryl methyl sites for hydroxylation is 1. The molecule has 0 bridgehead atoms. The quantitative estimate of drug-likeness (QED) is 0.625. The van der Waals surface area contributed by atoms with Gasteiger partial charge in [0.2, 0.25) is 5.88 Å². The van der Waals surface area contributed by atoms with Gasteiger partial charge in [0.1, 0.15) is 5.60 Å². The molecule has 186 valence electrons. The summed E-state index contributed by atoms with van der Waals surface area (Å²) in [6, 6.07) is 0. The van der Waals surface area contributed by atoms with Crippen molar-refractivity contribution in [1.29, 1.82) is 0 Å². The number of allylic oxidation sites excluding steroid dienone is 2. The van der Waals surface area contributed by atoms with Crippen molar-refractivity contribution >= 4 is 6.09 Å². The van der Waals surface area contributed by atoms with Gasteiger partial charge in [0.15, 0.2) is 0 Å². The number of aromatic hydroxyl groups is 1. The summed E-state index contributed by atoms with van der Waals surface area (Å²) in [6.45, 7) is 9.55. The van der Waals surface area contributed by atoms with Crippen LogP contribution in [-0.4, -0.2) is 62.5 Å². The van der Waals surface area contributed by atoms with Crippen LogP contribution in [-0.2, 0) is 18.2 Å². The number of piperidine rings is 1. The van der Waals surface area contributed by atoms with Crippen LogP contribution in [0.5, 0.6) is 5.88 Å². The molecule has 3 unspecified atom stereocenters. The van der Waals surface area contributed by atoms with E-state index >= 15 is 0 Å². The molecular formula is C25H43N5O3. The summed E-state index contributed by atoms with van der Waals surface area (Å²) in [4.78, 5) is 20.4. The van der Waals surface area contributed by atoms with E-state index in [1.807, 2.05) is 37.3 Å². The monoisotopic (exact) mass is 461 g/mol. The SMILES string of the molecule is CCC1CC(C2CCN(C(=O)OC(C)(C)C)CC2)CC=C1N(C)C(N)Cc1c(O)ncn1C. The number of hydrogen-bond donors (Lipinski definition) is 2.